The molecular weight excluding hydrogens is 324 g/mol. The summed E-state index contributed by atoms with van der Waals surface area (Å²) in [5.41, 5.74) is 3.04. The fraction of sp³-hybridized carbons (Fsp3) is 1.00. The topological polar surface area (TPSA) is 0 Å². The Labute approximate surface area is 169 Å². The van der Waals surface area contributed by atoms with Gasteiger partial charge in [-0.25, -0.2) is 0 Å². The van der Waals surface area contributed by atoms with Gasteiger partial charge in [-0.05, 0) is 115 Å². The van der Waals surface area contributed by atoms with Crippen molar-refractivity contribution in [2.24, 2.45) is 50.7 Å². The second kappa shape index (κ2) is 5.57. The van der Waals surface area contributed by atoms with Crippen LogP contribution in [0.2, 0.25) is 0 Å². The molecule has 0 nitrogen and oxygen atoms in total. The van der Waals surface area contributed by atoms with Gasteiger partial charge in [-0.2, -0.15) is 0 Å². The summed E-state index contributed by atoms with van der Waals surface area (Å²) in [4.78, 5) is 0. The van der Waals surface area contributed by atoms with Crippen LogP contribution in [0.3, 0.4) is 0 Å². The summed E-state index contributed by atoms with van der Waals surface area (Å²) in [6.45, 7) is 16.3. The summed E-state index contributed by atoms with van der Waals surface area (Å²) in [6, 6.07) is 0. The van der Waals surface area contributed by atoms with Gasteiger partial charge in [0.2, 0.25) is 0 Å². The summed E-state index contributed by atoms with van der Waals surface area (Å²) in [5, 5.41) is 0. The van der Waals surface area contributed by atoms with E-state index >= 15 is 0 Å². The molecule has 0 aliphatic heterocycles. The van der Waals surface area contributed by atoms with Crippen LogP contribution in [0.1, 0.15) is 119 Å². The van der Waals surface area contributed by atoms with Crippen molar-refractivity contribution in [1.82, 2.24) is 0 Å². The third-order valence-corrected chi connectivity index (χ3v) is 12.6. The van der Waals surface area contributed by atoms with E-state index in [9.17, 15) is 0 Å². The van der Waals surface area contributed by atoms with Gasteiger partial charge in [-0.1, -0.05) is 54.4 Å². The highest BCUT2D eigenvalue weighted by atomic mass is 14.7. The molecule has 0 heteroatoms. The molecule has 154 valence electrons. The Kier molecular flexibility index (Phi) is 3.92. The van der Waals surface area contributed by atoms with Crippen LogP contribution in [-0.4, -0.2) is 0 Å². The predicted octanol–water partition coefficient (Wildman–Crippen LogP) is 8.25. The summed E-state index contributed by atoms with van der Waals surface area (Å²) in [5.74, 6) is 4.00. The van der Waals surface area contributed by atoms with Crippen molar-refractivity contribution < 1.29 is 0 Å². The van der Waals surface area contributed by atoms with Crippen LogP contribution in [0.15, 0.2) is 0 Å². The van der Waals surface area contributed by atoms with Crippen molar-refractivity contribution in [3.63, 3.8) is 0 Å². The van der Waals surface area contributed by atoms with Crippen LogP contribution in [0.5, 0.6) is 0 Å². The second-order valence-corrected chi connectivity index (χ2v) is 13.6. The molecule has 0 aromatic heterocycles. The van der Waals surface area contributed by atoms with Crippen LogP contribution in [0, 0.1) is 50.7 Å². The van der Waals surface area contributed by atoms with E-state index in [0.717, 1.165) is 23.7 Å². The Balaban J connectivity index is 1.56. The molecule has 0 amide bonds. The lowest BCUT2D eigenvalue weighted by Crippen LogP contribution is -2.65. The lowest BCUT2D eigenvalue weighted by atomic mass is 9.32. The van der Waals surface area contributed by atoms with Gasteiger partial charge in [0, 0.05) is 0 Å². The number of hydrogen-bond donors (Lipinski definition) is 0. The molecule has 0 saturated heterocycles. The van der Waals surface area contributed by atoms with Gasteiger partial charge in [0.25, 0.3) is 0 Å². The van der Waals surface area contributed by atoms with Crippen molar-refractivity contribution >= 4 is 0 Å². The van der Waals surface area contributed by atoms with E-state index in [0.29, 0.717) is 27.1 Å². The molecule has 0 aromatic carbocycles. The largest absolute Gasteiger partial charge is 0.0596 e. The van der Waals surface area contributed by atoms with E-state index in [2.05, 4.69) is 41.5 Å². The summed E-state index contributed by atoms with van der Waals surface area (Å²) < 4.78 is 0. The lowest BCUT2D eigenvalue weighted by Gasteiger charge is -2.73. The van der Waals surface area contributed by atoms with Gasteiger partial charge in [0.15, 0.2) is 0 Å². The maximum absolute atomic E-state index is 2.80. The van der Waals surface area contributed by atoms with E-state index in [1.165, 1.54) is 64.2 Å². The Bertz CT molecular complexity index is 618. The van der Waals surface area contributed by atoms with Gasteiger partial charge in [0.05, 0.1) is 0 Å². The first-order chi connectivity index (χ1) is 12.6. The average Bonchev–Trinajstić information content (AvgIpc) is 2.96. The summed E-state index contributed by atoms with van der Waals surface area (Å²) in [6.07, 6.45) is 18.3. The van der Waals surface area contributed by atoms with Crippen LogP contribution in [0.4, 0.5) is 0 Å². The minimum absolute atomic E-state index is 0.571. The molecule has 0 spiro atoms. The molecule has 0 bridgehead atoms. The van der Waals surface area contributed by atoms with Gasteiger partial charge in [0.1, 0.15) is 0 Å². The molecular formula is C27H46. The third kappa shape index (κ3) is 2.17. The first-order valence-electron chi connectivity index (χ1n) is 12.6. The molecule has 8 atom stereocenters. The first kappa shape index (κ1) is 19.0. The predicted molar refractivity (Wildman–Crippen MR) is 116 cm³/mol. The quantitative estimate of drug-likeness (QED) is 0.402. The minimum atomic E-state index is 0.571. The van der Waals surface area contributed by atoms with Gasteiger partial charge in [-0.3, -0.25) is 0 Å². The monoisotopic (exact) mass is 370 g/mol. The lowest BCUT2D eigenvalue weighted by molar-refractivity contribution is -0.239. The molecule has 5 aliphatic rings. The Hall–Kier alpha value is 0. The number of hydrogen-bond acceptors (Lipinski definition) is 0. The highest BCUT2D eigenvalue weighted by Crippen LogP contribution is 2.77. The number of fused-ring (bicyclic) bond motifs is 7. The molecule has 0 N–H and O–H groups in total. The van der Waals surface area contributed by atoms with Gasteiger partial charge in [-0.15, -0.1) is 0 Å². The van der Waals surface area contributed by atoms with Crippen molar-refractivity contribution in [3.05, 3.63) is 0 Å². The molecule has 5 aliphatic carbocycles. The van der Waals surface area contributed by atoms with Crippen molar-refractivity contribution in [2.45, 2.75) is 119 Å². The second-order valence-electron chi connectivity index (χ2n) is 13.6. The van der Waals surface area contributed by atoms with Gasteiger partial charge >= 0.3 is 0 Å². The Morgan fingerprint density at radius 3 is 1.78 bits per heavy atom. The molecule has 0 aromatic rings. The maximum Gasteiger partial charge on any atom is -0.0235 e. The average molecular weight is 371 g/mol. The van der Waals surface area contributed by atoms with Crippen LogP contribution < -0.4 is 0 Å². The van der Waals surface area contributed by atoms with E-state index in [-0.39, 0.29) is 0 Å². The Morgan fingerprint density at radius 1 is 0.481 bits per heavy atom. The normalized spacial score (nSPS) is 59.3. The molecule has 5 rings (SSSR count). The van der Waals surface area contributed by atoms with E-state index in [4.69, 9.17) is 0 Å². The molecule has 27 heavy (non-hydrogen) atoms. The van der Waals surface area contributed by atoms with Crippen molar-refractivity contribution in [2.75, 3.05) is 0 Å². The van der Waals surface area contributed by atoms with Crippen LogP contribution in [0.25, 0.3) is 0 Å². The fourth-order valence-corrected chi connectivity index (χ4v) is 11.2. The standard InChI is InChI=1S/C27H46/c1-23(2)14-8-16-25(4)20(23)13-18-27(6)22(25)11-10-21-24(3)15-7-9-19(24)12-17-26(21,27)5/h19-22H,7-18H2,1-6H3/t19-,20?,21?,22?,24+,25+,26-,27-/m1/s1. The minimum Gasteiger partial charge on any atom is -0.0596 e. The zero-order valence-corrected chi connectivity index (χ0v) is 19.3. The first-order valence-corrected chi connectivity index (χ1v) is 12.6. The molecule has 0 radical (unpaired) electrons. The molecule has 3 unspecified atom stereocenters. The van der Waals surface area contributed by atoms with Crippen LogP contribution in [-0.2, 0) is 0 Å². The highest BCUT2D eigenvalue weighted by Gasteiger charge is 2.69. The van der Waals surface area contributed by atoms with Crippen molar-refractivity contribution in [3.8, 4) is 0 Å². The van der Waals surface area contributed by atoms with E-state index < -0.39 is 0 Å². The van der Waals surface area contributed by atoms with Gasteiger partial charge < -0.3 is 0 Å². The zero-order chi connectivity index (χ0) is 19.3. The molecule has 5 saturated carbocycles. The third-order valence-electron chi connectivity index (χ3n) is 12.6. The molecule has 0 heterocycles. The van der Waals surface area contributed by atoms with Crippen molar-refractivity contribution in [1.29, 1.82) is 0 Å². The highest BCUT2D eigenvalue weighted by molar-refractivity contribution is 5.18. The summed E-state index contributed by atoms with van der Waals surface area (Å²) in [7, 11) is 0. The molecule has 5 fully saturated rings. The number of rotatable bonds is 0. The maximum atomic E-state index is 2.80. The zero-order valence-electron chi connectivity index (χ0n) is 19.3. The SMILES string of the molecule is CC1(C)CCC[C@@]2(C)C1CC[C@]1(C)C2CCC2[C@@]3(C)CCC[C@@H]3CC[C@]21C. The smallest absolute Gasteiger partial charge is 0.0235 e. The van der Waals surface area contributed by atoms with E-state index in [1.807, 2.05) is 0 Å². The fourth-order valence-electron chi connectivity index (χ4n) is 11.2. The van der Waals surface area contributed by atoms with Crippen LogP contribution >= 0.6 is 0 Å². The summed E-state index contributed by atoms with van der Waals surface area (Å²) >= 11 is 0. The van der Waals surface area contributed by atoms with E-state index in [1.54, 1.807) is 12.8 Å². The Morgan fingerprint density at radius 2 is 1.07 bits per heavy atom.